The molecule has 4 heterocycles. The van der Waals surface area contributed by atoms with Crippen LogP contribution in [0, 0.1) is 0 Å². The van der Waals surface area contributed by atoms with Gasteiger partial charge in [0.05, 0.1) is 16.3 Å². The highest BCUT2D eigenvalue weighted by atomic mass is 32.2. The highest BCUT2D eigenvalue weighted by Crippen LogP contribution is 2.23. The Labute approximate surface area is 153 Å². The number of aromatic nitrogens is 3. The number of carbonyl (C=O) groups excluding carboxylic acids is 1. The van der Waals surface area contributed by atoms with E-state index in [0.29, 0.717) is 23.0 Å². The van der Waals surface area contributed by atoms with Gasteiger partial charge in [-0.1, -0.05) is 16.9 Å². The van der Waals surface area contributed by atoms with E-state index in [9.17, 15) is 4.79 Å². The van der Waals surface area contributed by atoms with Gasteiger partial charge in [-0.05, 0) is 36.4 Å². The molecule has 0 atom stereocenters. The van der Waals surface area contributed by atoms with Gasteiger partial charge in [0.15, 0.2) is 0 Å². The number of thioether (sulfide) groups is 1. The van der Waals surface area contributed by atoms with E-state index in [1.165, 1.54) is 11.8 Å². The summed E-state index contributed by atoms with van der Waals surface area (Å²) in [5, 5.41) is 8.78. The summed E-state index contributed by atoms with van der Waals surface area (Å²) < 4.78 is 5.27. The Morgan fingerprint density at radius 1 is 1.28 bits per heavy atom. The molecule has 6 nitrogen and oxygen atoms in total. The van der Waals surface area contributed by atoms with Crippen LogP contribution in [0.5, 0.6) is 0 Å². The summed E-state index contributed by atoms with van der Waals surface area (Å²) in [4.78, 5) is 22.9. The quantitative estimate of drug-likeness (QED) is 0.636. The summed E-state index contributed by atoms with van der Waals surface area (Å²) in [6.45, 7) is 1.69. The maximum Gasteiger partial charge on any atom is 0.255 e. The summed E-state index contributed by atoms with van der Waals surface area (Å²) in [6, 6.07) is 5.66. The molecule has 1 aliphatic heterocycles. The molecule has 4 rings (SSSR count). The first-order valence-electron chi connectivity index (χ1n) is 8.03. The van der Waals surface area contributed by atoms with E-state index in [0.717, 1.165) is 36.5 Å². The molecular weight excluding hydrogens is 356 g/mol. The fraction of sp³-hybridized carbons (Fsp3) is 0.294. The Balaban J connectivity index is 1.36. The number of hydrogen-bond donors (Lipinski definition) is 0. The highest BCUT2D eigenvalue weighted by Gasteiger charge is 2.19. The maximum absolute atomic E-state index is 12.3. The summed E-state index contributed by atoms with van der Waals surface area (Å²) in [6.07, 6.45) is 3.82. The van der Waals surface area contributed by atoms with Crippen molar-refractivity contribution in [3.8, 4) is 11.4 Å². The van der Waals surface area contributed by atoms with Crippen molar-refractivity contribution in [3.63, 3.8) is 0 Å². The monoisotopic (exact) mass is 372 g/mol. The predicted octanol–water partition coefficient (Wildman–Crippen LogP) is 3.72. The predicted molar refractivity (Wildman–Crippen MR) is 96.5 cm³/mol. The topological polar surface area (TPSA) is 72.1 Å². The molecule has 0 saturated carbocycles. The van der Waals surface area contributed by atoms with Crippen LogP contribution in [0.25, 0.3) is 11.4 Å². The molecule has 0 aliphatic carbocycles. The average molecular weight is 372 g/mol. The van der Waals surface area contributed by atoms with Crippen LogP contribution < -0.4 is 0 Å². The molecule has 1 saturated heterocycles. The minimum absolute atomic E-state index is 0.0684. The van der Waals surface area contributed by atoms with Crippen molar-refractivity contribution in [1.82, 2.24) is 20.0 Å². The average Bonchev–Trinajstić information content (AvgIpc) is 3.42. The first-order chi connectivity index (χ1) is 12.3. The molecular formula is C17H16N4O2S2. The summed E-state index contributed by atoms with van der Waals surface area (Å²) in [5.41, 5.74) is 1.61. The molecule has 8 heteroatoms. The van der Waals surface area contributed by atoms with E-state index in [2.05, 4.69) is 15.1 Å². The number of likely N-dealkylation sites (tertiary alicyclic amines) is 1. The van der Waals surface area contributed by atoms with Crippen LogP contribution in [0.3, 0.4) is 0 Å². The minimum atomic E-state index is 0.0684. The SMILES string of the molecule is O=C(c1ccc(SCc2nc(-c3ccsc3)no2)nc1)N1CCCC1. The summed E-state index contributed by atoms with van der Waals surface area (Å²) in [7, 11) is 0. The van der Waals surface area contributed by atoms with Crippen molar-refractivity contribution in [1.29, 1.82) is 0 Å². The Kier molecular flexibility index (Phi) is 4.80. The second-order valence-corrected chi connectivity index (χ2v) is 7.47. The second kappa shape index (κ2) is 7.37. The maximum atomic E-state index is 12.3. The molecule has 1 amide bonds. The molecule has 0 unspecified atom stereocenters. The number of amides is 1. The Hall–Kier alpha value is -2.19. The van der Waals surface area contributed by atoms with Crippen molar-refractivity contribution in [3.05, 3.63) is 46.6 Å². The molecule has 0 radical (unpaired) electrons. The van der Waals surface area contributed by atoms with Crippen molar-refractivity contribution in [2.24, 2.45) is 0 Å². The Bertz CT molecular complexity index is 840. The standard InChI is InChI=1S/C17H16N4O2S2/c22-17(21-6-1-2-7-21)12-3-4-15(18-9-12)25-11-14-19-16(20-23-14)13-5-8-24-10-13/h3-5,8-10H,1-2,6-7,11H2. The zero-order chi connectivity index (χ0) is 17.1. The van der Waals surface area contributed by atoms with Crippen molar-refractivity contribution in [2.75, 3.05) is 13.1 Å². The van der Waals surface area contributed by atoms with E-state index >= 15 is 0 Å². The number of rotatable bonds is 5. The van der Waals surface area contributed by atoms with E-state index in [4.69, 9.17) is 4.52 Å². The van der Waals surface area contributed by atoms with E-state index in [1.807, 2.05) is 33.9 Å². The van der Waals surface area contributed by atoms with E-state index < -0.39 is 0 Å². The lowest BCUT2D eigenvalue weighted by Gasteiger charge is -2.14. The van der Waals surface area contributed by atoms with Gasteiger partial charge in [0.25, 0.3) is 5.91 Å². The van der Waals surface area contributed by atoms with Crippen molar-refractivity contribution in [2.45, 2.75) is 23.6 Å². The molecule has 0 aromatic carbocycles. The van der Waals surface area contributed by atoms with Crippen LogP contribution in [0.2, 0.25) is 0 Å². The van der Waals surface area contributed by atoms with Gasteiger partial charge in [-0.2, -0.15) is 16.3 Å². The molecule has 0 bridgehead atoms. The number of hydrogen-bond acceptors (Lipinski definition) is 7. The lowest BCUT2D eigenvalue weighted by molar-refractivity contribution is 0.0792. The molecule has 128 valence electrons. The normalized spacial score (nSPS) is 14.2. The van der Waals surface area contributed by atoms with Gasteiger partial charge in [-0.3, -0.25) is 4.79 Å². The Morgan fingerprint density at radius 2 is 2.16 bits per heavy atom. The fourth-order valence-electron chi connectivity index (χ4n) is 2.65. The number of thiophene rings is 1. The van der Waals surface area contributed by atoms with Gasteiger partial charge < -0.3 is 9.42 Å². The van der Waals surface area contributed by atoms with Crippen molar-refractivity contribution >= 4 is 29.0 Å². The molecule has 0 N–H and O–H groups in total. The molecule has 0 spiro atoms. The fourth-order valence-corrected chi connectivity index (χ4v) is 3.97. The largest absolute Gasteiger partial charge is 0.339 e. The van der Waals surface area contributed by atoms with Crippen LogP contribution in [0.4, 0.5) is 0 Å². The van der Waals surface area contributed by atoms with E-state index in [1.54, 1.807) is 17.5 Å². The van der Waals surface area contributed by atoms with Crippen LogP contribution in [0.1, 0.15) is 29.1 Å². The van der Waals surface area contributed by atoms with Crippen LogP contribution in [0.15, 0.2) is 44.7 Å². The third-order valence-electron chi connectivity index (χ3n) is 3.97. The summed E-state index contributed by atoms with van der Waals surface area (Å²) in [5.74, 6) is 1.78. The number of carbonyl (C=O) groups is 1. The third kappa shape index (κ3) is 3.74. The molecule has 3 aromatic rings. The molecule has 25 heavy (non-hydrogen) atoms. The lowest BCUT2D eigenvalue weighted by Crippen LogP contribution is -2.27. The highest BCUT2D eigenvalue weighted by molar-refractivity contribution is 7.98. The first-order valence-corrected chi connectivity index (χ1v) is 9.96. The van der Waals surface area contributed by atoms with Crippen LogP contribution in [-0.2, 0) is 5.75 Å². The lowest BCUT2D eigenvalue weighted by atomic mass is 10.2. The van der Waals surface area contributed by atoms with Gasteiger partial charge in [-0.15, -0.1) is 0 Å². The van der Waals surface area contributed by atoms with Gasteiger partial charge >= 0.3 is 0 Å². The van der Waals surface area contributed by atoms with Gasteiger partial charge in [0.1, 0.15) is 0 Å². The van der Waals surface area contributed by atoms with Crippen LogP contribution in [-0.4, -0.2) is 39.0 Å². The zero-order valence-corrected chi connectivity index (χ0v) is 15.1. The van der Waals surface area contributed by atoms with Gasteiger partial charge in [0.2, 0.25) is 11.7 Å². The smallest absolute Gasteiger partial charge is 0.255 e. The van der Waals surface area contributed by atoms with Crippen molar-refractivity contribution < 1.29 is 9.32 Å². The van der Waals surface area contributed by atoms with Crippen LogP contribution >= 0.6 is 23.1 Å². The van der Waals surface area contributed by atoms with E-state index in [-0.39, 0.29) is 5.91 Å². The number of nitrogens with zero attached hydrogens (tertiary/aromatic N) is 4. The molecule has 1 fully saturated rings. The molecule has 3 aromatic heterocycles. The zero-order valence-electron chi connectivity index (χ0n) is 13.4. The Morgan fingerprint density at radius 3 is 2.88 bits per heavy atom. The van der Waals surface area contributed by atoms with Gasteiger partial charge in [-0.25, -0.2) is 4.98 Å². The van der Waals surface area contributed by atoms with Gasteiger partial charge in [0, 0.05) is 30.2 Å². The third-order valence-corrected chi connectivity index (χ3v) is 5.58. The second-order valence-electron chi connectivity index (χ2n) is 5.70. The molecule has 1 aliphatic rings. The minimum Gasteiger partial charge on any atom is -0.339 e. The number of pyridine rings is 1. The summed E-state index contributed by atoms with van der Waals surface area (Å²) >= 11 is 3.11. The first kappa shape index (κ1) is 16.3.